The molecule has 0 aromatic carbocycles. The predicted molar refractivity (Wildman–Crippen MR) is 45.9 cm³/mol. The number of aromatic nitrogens is 1. The van der Waals surface area contributed by atoms with Crippen molar-refractivity contribution >= 4 is 0 Å². The molecule has 0 bridgehead atoms. The molecule has 0 amide bonds. The topological polar surface area (TPSA) is 42.4 Å². The maximum Gasteiger partial charge on any atom is 0.134 e. The molecule has 1 rings (SSSR count). The average molecular weight is 167 g/mol. The van der Waals surface area contributed by atoms with Crippen molar-refractivity contribution in [2.75, 3.05) is 7.11 Å². The van der Waals surface area contributed by atoms with Gasteiger partial charge in [0.15, 0.2) is 0 Å². The highest BCUT2D eigenvalue weighted by Crippen LogP contribution is 2.21. The van der Waals surface area contributed by atoms with Crippen LogP contribution >= 0.6 is 0 Å². The Hall–Kier alpha value is -1.09. The third-order valence-corrected chi connectivity index (χ3v) is 1.77. The monoisotopic (exact) mass is 167 g/mol. The number of aromatic hydroxyl groups is 1. The lowest BCUT2D eigenvalue weighted by Gasteiger charge is -2.12. The van der Waals surface area contributed by atoms with E-state index in [0.717, 1.165) is 12.0 Å². The maximum absolute atomic E-state index is 9.13. The molecule has 1 heterocycles. The number of nitrogens with zero attached hydrogens (tertiary/aromatic N) is 1. The van der Waals surface area contributed by atoms with Crippen LogP contribution in [0.15, 0.2) is 18.5 Å². The molecule has 66 valence electrons. The van der Waals surface area contributed by atoms with Crippen molar-refractivity contribution in [3.63, 3.8) is 0 Å². The minimum Gasteiger partial charge on any atom is -0.506 e. The Morgan fingerprint density at radius 3 is 2.83 bits per heavy atom. The summed E-state index contributed by atoms with van der Waals surface area (Å²) in [6.07, 6.45) is 4.02. The van der Waals surface area contributed by atoms with E-state index in [1.54, 1.807) is 19.4 Å². The number of methoxy groups -OCH3 is 1. The zero-order valence-electron chi connectivity index (χ0n) is 7.32. The van der Waals surface area contributed by atoms with Crippen LogP contribution in [0.25, 0.3) is 0 Å². The van der Waals surface area contributed by atoms with Gasteiger partial charge >= 0.3 is 0 Å². The van der Waals surface area contributed by atoms with E-state index in [9.17, 15) is 0 Å². The molecule has 3 nitrogen and oxygen atoms in total. The van der Waals surface area contributed by atoms with Gasteiger partial charge in [0, 0.05) is 18.9 Å². The van der Waals surface area contributed by atoms with Crippen LogP contribution in [-0.4, -0.2) is 17.2 Å². The van der Waals surface area contributed by atoms with Gasteiger partial charge in [0.2, 0.25) is 0 Å². The molecule has 0 saturated heterocycles. The minimum atomic E-state index is 0.0320. The maximum atomic E-state index is 9.13. The van der Waals surface area contributed by atoms with Gasteiger partial charge in [-0.3, -0.25) is 4.98 Å². The van der Waals surface area contributed by atoms with Crippen LogP contribution in [0.1, 0.15) is 25.0 Å². The van der Waals surface area contributed by atoms with Crippen LogP contribution in [0, 0.1) is 0 Å². The van der Waals surface area contributed by atoms with Gasteiger partial charge in [-0.2, -0.15) is 0 Å². The van der Waals surface area contributed by atoms with E-state index in [1.165, 1.54) is 6.20 Å². The molecule has 1 aromatic heterocycles. The van der Waals surface area contributed by atoms with E-state index in [2.05, 4.69) is 4.98 Å². The van der Waals surface area contributed by atoms with Crippen molar-refractivity contribution in [2.24, 2.45) is 0 Å². The Kier molecular flexibility index (Phi) is 3.05. The molecule has 0 aliphatic heterocycles. The lowest BCUT2D eigenvalue weighted by molar-refractivity contribution is 0.0995. The van der Waals surface area contributed by atoms with E-state index in [-0.39, 0.29) is 11.9 Å². The highest BCUT2D eigenvalue weighted by molar-refractivity contribution is 5.23. The van der Waals surface area contributed by atoms with Crippen molar-refractivity contribution in [3.8, 4) is 5.75 Å². The van der Waals surface area contributed by atoms with Gasteiger partial charge in [0.1, 0.15) is 5.75 Å². The first kappa shape index (κ1) is 9.00. The summed E-state index contributed by atoms with van der Waals surface area (Å²) in [5.41, 5.74) is 0.917. The van der Waals surface area contributed by atoms with E-state index in [0.29, 0.717) is 0 Å². The van der Waals surface area contributed by atoms with Crippen LogP contribution in [-0.2, 0) is 4.74 Å². The summed E-state index contributed by atoms with van der Waals surface area (Å²) < 4.78 is 5.19. The lowest BCUT2D eigenvalue weighted by Crippen LogP contribution is -1.99. The largest absolute Gasteiger partial charge is 0.506 e. The van der Waals surface area contributed by atoms with Crippen LogP contribution in [0.3, 0.4) is 0 Å². The first-order chi connectivity index (χ1) is 5.77. The van der Waals surface area contributed by atoms with Gasteiger partial charge in [-0.05, 0) is 12.5 Å². The molecule has 0 radical (unpaired) electrons. The van der Waals surface area contributed by atoms with Gasteiger partial charge in [-0.25, -0.2) is 0 Å². The second-order valence-electron chi connectivity index (χ2n) is 2.61. The summed E-state index contributed by atoms with van der Waals surface area (Å²) in [5.74, 6) is 0.183. The number of pyridine rings is 1. The van der Waals surface area contributed by atoms with E-state index in [1.807, 2.05) is 6.92 Å². The molecular weight excluding hydrogens is 154 g/mol. The van der Waals surface area contributed by atoms with Crippen molar-refractivity contribution in [3.05, 3.63) is 24.0 Å². The molecule has 3 heteroatoms. The molecule has 0 aliphatic carbocycles. The summed E-state index contributed by atoms with van der Waals surface area (Å²) in [6.45, 7) is 2.03. The quantitative estimate of drug-likeness (QED) is 0.747. The van der Waals surface area contributed by atoms with E-state index in [4.69, 9.17) is 9.84 Å². The zero-order valence-corrected chi connectivity index (χ0v) is 7.32. The first-order valence-corrected chi connectivity index (χ1v) is 3.94. The van der Waals surface area contributed by atoms with Gasteiger partial charge < -0.3 is 9.84 Å². The van der Waals surface area contributed by atoms with E-state index < -0.39 is 0 Å². The Balaban J connectivity index is 2.85. The lowest BCUT2D eigenvalue weighted by atomic mass is 10.1. The Labute approximate surface area is 72.0 Å². The molecule has 0 spiro atoms. The Morgan fingerprint density at radius 2 is 2.33 bits per heavy atom. The fourth-order valence-corrected chi connectivity index (χ4v) is 1.16. The normalized spacial score (nSPS) is 12.8. The van der Waals surface area contributed by atoms with Crippen molar-refractivity contribution < 1.29 is 9.84 Å². The molecule has 0 aliphatic rings. The summed E-state index contributed by atoms with van der Waals surface area (Å²) in [6, 6.07) is 1.67. The standard InChI is InChI=1S/C9H13NO2/c1-3-9(12-2)7-4-8(11)6-10-5-7/h4-6,9,11H,3H2,1-2H3. The number of ether oxygens (including phenoxy) is 1. The van der Waals surface area contributed by atoms with Crippen molar-refractivity contribution in [2.45, 2.75) is 19.4 Å². The summed E-state index contributed by atoms with van der Waals surface area (Å²) >= 11 is 0. The van der Waals surface area contributed by atoms with Gasteiger partial charge in [-0.15, -0.1) is 0 Å². The molecule has 0 saturated carbocycles. The third kappa shape index (κ3) is 1.95. The van der Waals surface area contributed by atoms with Crippen molar-refractivity contribution in [1.29, 1.82) is 0 Å². The number of rotatable bonds is 3. The molecule has 1 aromatic rings. The fourth-order valence-electron chi connectivity index (χ4n) is 1.16. The first-order valence-electron chi connectivity index (χ1n) is 3.94. The minimum absolute atomic E-state index is 0.0320. The van der Waals surface area contributed by atoms with Crippen molar-refractivity contribution in [1.82, 2.24) is 4.98 Å². The Bertz CT molecular complexity index is 246. The fraction of sp³-hybridized carbons (Fsp3) is 0.444. The third-order valence-electron chi connectivity index (χ3n) is 1.77. The molecule has 1 unspecified atom stereocenters. The van der Waals surface area contributed by atoms with Gasteiger partial charge in [-0.1, -0.05) is 6.92 Å². The second-order valence-corrected chi connectivity index (χ2v) is 2.61. The van der Waals surface area contributed by atoms with E-state index >= 15 is 0 Å². The van der Waals surface area contributed by atoms with Crippen LogP contribution in [0.2, 0.25) is 0 Å². The molecule has 1 atom stereocenters. The van der Waals surface area contributed by atoms with Gasteiger partial charge in [0.25, 0.3) is 0 Å². The van der Waals surface area contributed by atoms with Crippen LogP contribution in [0.4, 0.5) is 0 Å². The zero-order chi connectivity index (χ0) is 8.97. The second kappa shape index (κ2) is 4.07. The summed E-state index contributed by atoms with van der Waals surface area (Å²) in [4.78, 5) is 3.87. The number of hydrogen-bond donors (Lipinski definition) is 1. The van der Waals surface area contributed by atoms with Crippen LogP contribution < -0.4 is 0 Å². The molecular formula is C9H13NO2. The smallest absolute Gasteiger partial charge is 0.134 e. The van der Waals surface area contributed by atoms with Gasteiger partial charge in [0.05, 0.1) is 12.3 Å². The molecule has 1 N–H and O–H groups in total. The number of hydrogen-bond acceptors (Lipinski definition) is 3. The average Bonchev–Trinajstić information content (AvgIpc) is 2.07. The van der Waals surface area contributed by atoms with Crippen LogP contribution in [0.5, 0.6) is 5.75 Å². The summed E-state index contributed by atoms with van der Waals surface area (Å²) in [7, 11) is 1.65. The highest BCUT2D eigenvalue weighted by Gasteiger charge is 2.07. The summed E-state index contributed by atoms with van der Waals surface area (Å²) in [5, 5.41) is 9.13. The SMILES string of the molecule is CCC(OC)c1cncc(O)c1. The predicted octanol–water partition coefficient (Wildman–Crippen LogP) is 1.88. The highest BCUT2D eigenvalue weighted by atomic mass is 16.5. The molecule has 0 fully saturated rings. The molecule has 12 heavy (non-hydrogen) atoms. The Morgan fingerprint density at radius 1 is 1.58 bits per heavy atom.